The smallest absolute Gasteiger partial charge is 0.252 e. The summed E-state index contributed by atoms with van der Waals surface area (Å²) in [5, 5.41) is 7.60. The number of nitrogens with zero attached hydrogens (tertiary/aromatic N) is 4. The summed E-state index contributed by atoms with van der Waals surface area (Å²) in [6.45, 7) is 0. The summed E-state index contributed by atoms with van der Waals surface area (Å²) in [6, 6.07) is 0.839. The van der Waals surface area contributed by atoms with E-state index >= 15 is 0 Å². The van der Waals surface area contributed by atoms with Crippen LogP contribution in [-0.4, -0.2) is 40.8 Å². The van der Waals surface area contributed by atoms with E-state index in [2.05, 4.69) is 15.4 Å². The molecule has 1 aliphatic rings. The fourth-order valence-corrected chi connectivity index (χ4v) is 3.04. The van der Waals surface area contributed by atoms with Crippen molar-refractivity contribution in [2.24, 2.45) is 12.8 Å². The van der Waals surface area contributed by atoms with Gasteiger partial charge in [0.25, 0.3) is 5.91 Å². The van der Waals surface area contributed by atoms with E-state index in [1.807, 2.05) is 42.9 Å². The largest absolute Gasteiger partial charge is 0.381 e. The SMILES string of the molecule is CN(C)c1c2c(nn1C)C=CC(Nc1nc(N)c(F)cc1C(N)=O)C2. The molecule has 0 aliphatic heterocycles. The lowest BCUT2D eigenvalue weighted by molar-refractivity contribution is 0.100. The van der Waals surface area contributed by atoms with Gasteiger partial charge in [-0.3, -0.25) is 9.48 Å². The second kappa shape index (κ2) is 6.08. The fraction of sp³-hybridized carbons (Fsp3) is 0.312. The monoisotopic (exact) mass is 345 g/mol. The molecule has 0 fully saturated rings. The predicted molar refractivity (Wildman–Crippen MR) is 94.8 cm³/mol. The highest BCUT2D eigenvalue weighted by Gasteiger charge is 2.24. The maximum atomic E-state index is 13.6. The van der Waals surface area contributed by atoms with Crippen LogP contribution in [0.2, 0.25) is 0 Å². The quantitative estimate of drug-likeness (QED) is 0.753. The van der Waals surface area contributed by atoms with Crippen LogP contribution in [0, 0.1) is 5.82 Å². The summed E-state index contributed by atoms with van der Waals surface area (Å²) in [5.74, 6) is -0.677. The summed E-state index contributed by atoms with van der Waals surface area (Å²) in [6.07, 6.45) is 4.45. The number of amides is 1. The number of rotatable bonds is 4. The zero-order valence-electron chi connectivity index (χ0n) is 14.2. The highest BCUT2D eigenvalue weighted by atomic mass is 19.1. The van der Waals surface area contributed by atoms with Crippen LogP contribution < -0.4 is 21.7 Å². The van der Waals surface area contributed by atoms with Crippen molar-refractivity contribution < 1.29 is 9.18 Å². The topological polar surface area (TPSA) is 115 Å². The zero-order chi connectivity index (χ0) is 18.3. The summed E-state index contributed by atoms with van der Waals surface area (Å²) in [5.41, 5.74) is 12.8. The first-order valence-corrected chi connectivity index (χ1v) is 7.71. The van der Waals surface area contributed by atoms with E-state index < -0.39 is 11.7 Å². The van der Waals surface area contributed by atoms with Gasteiger partial charge in [-0.05, 0) is 12.1 Å². The lowest BCUT2D eigenvalue weighted by Crippen LogP contribution is -2.27. The molecule has 1 unspecified atom stereocenters. The van der Waals surface area contributed by atoms with Gasteiger partial charge in [-0.25, -0.2) is 9.37 Å². The maximum absolute atomic E-state index is 13.6. The van der Waals surface area contributed by atoms with Crippen molar-refractivity contribution in [3.63, 3.8) is 0 Å². The van der Waals surface area contributed by atoms with Crippen LogP contribution in [0.25, 0.3) is 6.08 Å². The number of anilines is 3. The number of carbonyl (C=O) groups is 1. The molecule has 0 saturated carbocycles. The van der Waals surface area contributed by atoms with Crippen LogP contribution >= 0.6 is 0 Å². The number of fused-ring (bicyclic) bond motifs is 1. The van der Waals surface area contributed by atoms with Gasteiger partial charge < -0.3 is 21.7 Å². The van der Waals surface area contributed by atoms with Crippen molar-refractivity contribution in [1.29, 1.82) is 0 Å². The van der Waals surface area contributed by atoms with E-state index in [9.17, 15) is 9.18 Å². The number of nitrogens with one attached hydrogen (secondary N) is 1. The lowest BCUT2D eigenvalue weighted by atomic mass is 9.98. The molecular weight excluding hydrogens is 325 g/mol. The molecule has 2 heterocycles. The third kappa shape index (κ3) is 3.00. The number of pyridine rings is 1. The van der Waals surface area contributed by atoms with Gasteiger partial charge in [-0.2, -0.15) is 5.10 Å². The molecule has 1 aliphatic carbocycles. The molecule has 2 aromatic heterocycles. The molecule has 1 amide bonds. The molecular formula is C16H20FN7O. The van der Waals surface area contributed by atoms with Gasteiger partial charge in [-0.1, -0.05) is 6.08 Å². The van der Waals surface area contributed by atoms with Crippen molar-refractivity contribution in [1.82, 2.24) is 14.8 Å². The molecule has 0 aromatic carbocycles. The summed E-state index contributed by atoms with van der Waals surface area (Å²) >= 11 is 0. The van der Waals surface area contributed by atoms with E-state index in [1.165, 1.54) is 0 Å². The van der Waals surface area contributed by atoms with Gasteiger partial charge in [0.2, 0.25) is 0 Å². The normalized spacial score (nSPS) is 15.8. The van der Waals surface area contributed by atoms with Crippen molar-refractivity contribution in [3.8, 4) is 0 Å². The van der Waals surface area contributed by atoms with Gasteiger partial charge in [-0.15, -0.1) is 0 Å². The van der Waals surface area contributed by atoms with Gasteiger partial charge in [0.15, 0.2) is 11.6 Å². The summed E-state index contributed by atoms with van der Waals surface area (Å²) in [7, 11) is 5.79. The second-order valence-electron chi connectivity index (χ2n) is 6.14. The third-order valence-corrected chi connectivity index (χ3v) is 4.07. The molecule has 5 N–H and O–H groups in total. The highest BCUT2D eigenvalue weighted by Crippen LogP contribution is 2.29. The number of carbonyl (C=O) groups excluding carboxylic acids is 1. The molecule has 1 atom stereocenters. The molecule has 0 spiro atoms. The Balaban J connectivity index is 1.92. The molecule has 132 valence electrons. The van der Waals surface area contributed by atoms with Gasteiger partial charge >= 0.3 is 0 Å². The first-order chi connectivity index (χ1) is 11.8. The van der Waals surface area contributed by atoms with E-state index in [0.29, 0.717) is 6.42 Å². The Morgan fingerprint density at radius 2 is 2.20 bits per heavy atom. The molecule has 25 heavy (non-hydrogen) atoms. The number of nitrogens with two attached hydrogens (primary N) is 2. The van der Waals surface area contributed by atoms with Crippen LogP contribution in [-0.2, 0) is 13.5 Å². The maximum Gasteiger partial charge on any atom is 0.252 e. The van der Waals surface area contributed by atoms with Gasteiger partial charge in [0.05, 0.1) is 17.3 Å². The van der Waals surface area contributed by atoms with Gasteiger partial charge in [0, 0.05) is 33.1 Å². The lowest BCUT2D eigenvalue weighted by Gasteiger charge is -2.22. The Kier molecular flexibility index (Phi) is 4.07. The molecule has 9 heteroatoms. The highest BCUT2D eigenvalue weighted by molar-refractivity contribution is 5.98. The first kappa shape index (κ1) is 16.7. The summed E-state index contributed by atoms with van der Waals surface area (Å²) in [4.78, 5) is 17.5. The standard InChI is InChI=1S/C16H20FN7O/c1-23(2)16-9-6-8(4-5-12(9)22-24(16)3)20-15-10(14(19)25)7-11(17)13(18)21-15/h4-5,7-8H,6H2,1-3H3,(H2,19,25)(H3,18,20,21). The van der Waals surface area contributed by atoms with Gasteiger partial charge in [0.1, 0.15) is 11.6 Å². The Morgan fingerprint density at radius 1 is 1.48 bits per heavy atom. The van der Waals surface area contributed by atoms with Crippen LogP contribution in [0.3, 0.4) is 0 Å². The van der Waals surface area contributed by atoms with Crippen molar-refractivity contribution >= 4 is 29.4 Å². The molecule has 3 rings (SSSR count). The van der Waals surface area contributed by atoms with E-state index in [-0.39, 0.29) is 23.2 Å². The molecule has 2 aromatic rings. The van der Waals surface area contributed by atoms with Crippen molar-refractivity contribution in [2.45, 2.75) is 12.5 Å². The number of nitrogen functional groups attached to an aromatic ring is 1. The van der Waals surface area contributed by atoms with Crippen LogP contribution in [0.5, 0.6) is 0 Å². The molecule has 0 bridgehead atoms. The number of hydrogen-bond donors (Lipinski definition) is 3. The second-order valence-corrected chi connectivity index (χ2v) is 6.14. The third-order valence-electron chi connectivity index (χ3n) is 4.07. The average molecular weight is 345 g/mol. The minimum absolute atomic E-state index is 0.0371. The van der Waals surface area contributed by atoms with E-state index in [0.717, 1.165) is 23.1 Å². The predicted octanol–water partition coefficient (Wildman–Crippen LogP) is 0.751. The number of primary amides is 1. The number of aryl methyl sites for hydroxylation is 1. The minimum Gasteiger partial charge on any atom is -0.381 e. The van der Waals surface area contributed by atoms with Crippen LogP contribution in [0.15, 0.2) is 12.1 Å². The van der Waals surface area contributed by atoms with Crippen LogP contribution in [0.4, 0.5) is 21.8 Å². The minimum atomic E-state index is -0.775. The Labute approximate surface area is 144 Å². The van der Waals surface area contributed by atoms with Crippen molar-refractivity contribution in [3.05, 3.63) is 34.8 Å². The zero-order valence-corrected chi connectivity index (χ0v) is 14.2. The Morgan fingerprint density at radius 3 is 2.84 bits per heavy atom. The Bertz CT molecular complexity index is 872. The van der Waals surface area contributed by atoms with Crippen molar-refractivity contribution in [2.75, 3.05) is 30.0 Å². The molecule has 8 nitrogen and oxygen atoms in total. The first-order valence-electron chi connectivity index (χ1n) is 7.71. The number of hydrogen-bond acceptors (Lipinski definition) is 6. The molecule has 0 saturated heterocycles. The molecule has 0 radical (unpaired) electrons. The number of aromatic nitrogens is 3. The average Bonchev–Trinajstić information content (AvgIpc) is 2.85. The Hall–Kier alpha value is -3.10. The summed E-state index contributed by atoms with van der Waals surface area (Å²) < 4.78 is 15.4. The number of halogens is 1. The fourth-order valence-electron chi connectivity index (χ4n) is 3.04. The van der Waals surface area contributed by atoms with E-state index in [1.54, 1.807) is 0 Å². The van der Waals surface area contributed by atoms with E-state index in [4.69, 9.17) is 11.5 Å². The van der Waals surface area contributed by atoms with Crippen LogP contribution in [0.1, 0.15) is 21.6 Å².